The van der Waals surface area contributed by atoms with Crippen LogP contribution < -0.4 is 0 Å². The first kappa shape index (κ1) is 14.3. The standard InChI is InChI=1S/C16H15N5S/c1-2-12-3-5-13(6-4-12)11-18-21-15(19-20-16(21)22)14-7-9-17-10-8-14/h3-11H,2H2,1H3,(H,20,22)/b18-11-. The van der Waals surface area contributed by atoms with E-state index in [4.69, 9.17) is 12.2 Å². The van der Waals surface area contributed by atoms with Gasteiger partial charge in [-0.1, -0.05) is 31.2 Å². The van der Waals surface area contributed by atoms with Gasteiger partial charge in [0.2, 0.25) is 4.77 Å². The summed E-state index contributed by atoms with van der Waals surface area (Å²) in [6.07, 6.45) is 6.22. The third kappa shape index (κ3) is 3.01. The van der Waals surface area contributed by atoms with Gasteiger partial charge in [-0.15, -0.1) is 0 Å². The van der Waals surface area contributed by atoms with E-state index in [9.17, 15) is 0 Å². The maximum atomic E-state index is 5.24. The fourth-order valence-electron chi connectivity index (χ4n) is 2.05. The number of pyridine rings is 1. The van der Waals surface area contributed by atoms with Gasteiger partial charge in [-0.25, -0.2) is 5.10 Å². The number of aromatic nitrogens is 4. The van der Waals surface area contributed by atoms with Crippen molar-refractivity contribution in [3.05, 3.63) is 64.7 Å². The molecule has 6 heteroatoms. The molecule has 0 radical (unpaired) electrons. The molecule has 5 nitrogen and oxygen atoms in total. The molecule has 2 heterocycles. The Morgan fingerprint density at radius 1 is 1.18 bits per heavy atom. The van der Waals surface area contributed by atoms with Gasteiger partial charge in [0.1, 0.15) is 0 Å². The third-order valence-electron chi connectivity index (χ3n) is 3.30. The number of aryl methyl sites for hydroxylation is 1. The minimum absolute atomic E-state index is 0.452. The Morgan fingerprint density at radius 2 is 1.91 bits per heavy atom. The first-order chi connectivity index (χ1) is 10.8. The Kier molecular flexibility index (Phi) is 4.20. The van der Waals surface area contributed by atoms with Gasteiger partial charge in [0.15, 0.2) is 5.82 Å². The van der Waals surface area contributed by atoms with Crippen molar-refractivity contribution in [3.63, 3.8) is 0 Å². The highest BCUT2D eigenvalue weighted by atomic mass is 32.1. The van der Waals surface area contributed by atoms with Crippen LogP contribution in [0, 0.1) is 4.77 Å². The van der Waals surface area contributed by atoms with Gasteiger partial charge >= 0.3 is 0 Å². The molecule has 0 atom stereocenters. The van der Waals surface area contributed by atoms with Crippen molar-refractivity contribution < 1.29 is 0 Å². The minimum Gasteiger partial charge on any atom is -0.265 e. The van der Waals surface area contributed by atoms with E-state index in [1.807, 2.05) is 24.3 Å². The van der Waals surface area contributed by atoms with Crippen LogP contribution >= 0.6 is 12.2 Å². The zero-order chi connectivity index (χ0) is 15.4. The van der Waals surface area contributed by atoms with E-state index in [1.165, 1.54) is 5.56 Å². The Hall–Kier alpha value is -2.60. The number of rotatable bonds is 4. The molecule has 0 fully saturated rings. The molecule has 3 rings (SSSR count). The van der Waals surface area contributed by atoms with E-state index in [-0.39, 0.29) is 0 Å². The first-order valence-electron chi connectivity index (χ1n) is 6.99. The van der Waals surface area contributed by atoms with Gasteiger partial charge in [0.25, 0.3) is 0 Å². The molecule has 0 saturated carbocycles. The number of hydrogen-bond donors (Lipinski definition) is 1. The van der Waals surface area contributed by atoms with Crippen molar-refractivity contribution in [2.24, 2.45) is 5.10 Å². The molecule has 0 amide bonds. The lowest BCUT2D eigenvalue weighted by Gasteiger charge is -2.00. The summed E-state index contributed by atoms with van der Waals surface area (Å²) in [5.74, 6) is 0.661. The lowest BCUT2D eigenvalue weighted by molar-refractivity contribution is 0.871. The lowest BCUT2D eigenvalue weighted by Crippen LogP contribution is -1.95. The molecule has 0 saturated heterocycles. The highest BCUT2D eigenvalue weighted by Gasteiger charge is 2.07. The zero-order valence-corrected chi connectivity index (χ0v) is 12.9. The lowest BCUT2D eigenvalue weighted by atomic mass is 10.1. The number of aromatic amines is 1. The van der Waals surface area contributed by atoms with Crippen LogP contribution in [-0.4, -0.2) is 26.1 Å². The summed E-state index contributed by atoms with van der Waals surface area (Å²) >= 11 is 5.24. The predicted octanol–water partition coefficient (Wildman–Crippen LogP) is 3.45. The van der Waals surface area contributed by atoms with Gasteiger partial charge in [-0.2, -0.15) is 14.9 Å². The van der Waals surface area contributed by atoms with Crippen molar-refractivity contribution >= 4 is 18.4 Å². The van der Waals surface area contributed by atoms with Crippen LogP contribution in [0.15, 0.2) is 53.9 Å². The van der Waals surface area contributed by atoms with Crippen molar-refractivity contribution in [1.82, 2.24) is 19.9 Å². The van der Waals surface area contributed by atoms with Gasteiger partial charge in [-0.05, 0) is 41.9 Å². The Labute approximate surface area is 133 Å². The maximum absolute atomic E-state index is 5.24. The molecule has 110 valence electrons. The third-order valence-corrected chi connectivity index (χ3v) is 3.56. The smallest absolute Gasteiger partial charge is 0.216 e. The van der Waals surface area contributed by atoms with Crippen molar-refractivity contribution in [3.8, 4) is 11.4 Å². The first-order valence-corrected chi connectivity index (χ1v) is 7.40. The summed E-state index contributed by atoms with van der Waals surface area (Å²) in [5.41, 5.74) is 3.22. The molecule has 0 aliphatic carbocycles. The molecule has 0 aliphatic rings. The molecular weight excluding hydrogens is 294 g/mol. The molecule has 0 spiro atoms. The van der Waals surface area contributed by atoms with Crippen LogP contribution in [-0.2, 0) is 6.42 Å². The summed E-state index contributed by atoms with van der Waals surface area (Å²) < 4.78 is 2.06. The molecule has 1 N–H and O–H groups in total. The second-order valence-corrected chi connectivity index (χ2v) is 5.13. The van der Waals surface area contributed by atoms with Gasteiger partial charge in [0.05, 0.1) is 6.21 Å². The topological polar surface area (TPSA) is 58.9 Å². The average molecular weight is 309 g/mol. The molecule has 22 heavy (non-hydrogen) atoms. The number of H-pyrrole nitrogens is 1. The second-order valence-electron chi connectivity index (χ2n) is 4.74. The van der Waals surface area contributed by atoms with Crippen LogP contribution in [0.5, 0.6) is 0 Å². The quantitative estimate of drug-likeness (QED) is 0.593. The summed E-state index contributed by atoms with van der Waals surface area (Å²) in [6, 6.07) is 12.0. The van der Waals surface area contributed by atoms with Crippen LogP contribution in [0.2, 0.25) is 0 Å². The van der Waals surface area contributed by atoms with Crippen molar-refractivity contribution in [2.45, 2.75) is 13.3 Å². The highest BCUT2D eigenvalue weighted by Crippen LogP contribution is 2.15. The maximum Gasteiger partial charge on any atom is 0.216 e. The molecule has 0 aliphatic heterocycles. The predicted molar refractivity (Wildman–Crippen MR) is 89.5 cm³/mol. The molecule has 2 aromatic heterocycles. The van der Waals surface area contributed by atoms with E-state index < -0.39 is 0 Å². The van der Waals surface area contributed by atoms with E-state index in [0.717, 1.165) is 17.5 Å². The van der Waals surface area contributed by atoms with Crippen LogP contribution in [0.4, 0.5) is 0 Å². The van der Waals surface area contributed by atoms with Crippen molar-refractivity contribution in [2.75, 3.05) is 0 Å². The van der Waals surface area contributed by atoms with E-state index >= 15 is 0 Å². The molecule has 0 unspecified atom stereocenters. The Bertz CT molecular complexity index is 831. The SMILES string of the molecule is CCc1ccc(/C=N\n2c(-c3ccncc3)n[nH]c2=S)cc1. The van der Waals surface area contributed by atoms with Gasteiger partial charge < -0.3 is 0 Å². The Morgan fingerprint density at radius 3 is 2.59 bits per heavy atom. The van der Waals surface area contributed by atoms with Crippen LogP contribution in [0.3, 0.4) is 0 Å². The summed E-state index contributed by atoms with van der Waals surface area (Å²) in [4.78, 5) is 4.01. The molecule has 3 aromatic rings. The zero-order valence-electron chi connectivity index (χ0n) is 12.1. The fraction of sp³-hybridized carbons (Fsp3) is 0.125. The monoisotopic (exact) mass is 309 g/mol. The summed E-state index contributed by atoms with van der Waals surface area (Å²) in [6.45, 7) is 2.13. The highest BCUT2D eigenvalue weighted by molar-refractivity contribution is 7.71. The molecule has 1 aromatic carbocycles. The van der Waals surface area contributed by atoms with Crippen LogP contribution in [0.1, 0.15) is 18.1 Å². The normalized spacial score (nSPS) is 11.1. The number of hydrogen-bond acceptors (Lipinski definition) is 4. The van der Waals surface area contributed by atoms with Gasteiger partial charge in [-0.3, -0.25) is 4.98 Å². The molecular formula is C16H15N5S. The number of benzene rings is 1. The second kappa shape index (κ2) is 6.44. The average Bonchev–Trinajstić information content (AvgIpc) is 2.95. The van der Waals surface area contributed by atoms with Crippen molar-refractivity contribution in [1.29, 1.82) is 0 Å². The number of nitrogens with zero attached hydrogens (tertiary/aromatic N) is 4. The van der Waals surface area contributed by atoms with E-state index in [2.05, 4.69) is 39.3 Å². The Balaban J connectivity index is 1.93. The molecule has 0 bridgehead atoms. The number of nitrogens with one attached hydrogen (secondary N) is 1. The van der Waals surface area contributed by atoms with E-state index in [0.29, 0.717) is 10.6 Å². The summed E-state index contributed by atoms with van der Waals surface area (Å²) in [5, 5.41) is 11.4. The van der Waals surface area contributed by atoms with Crippen LogP contribution in [0.25, 0.3) is 11.4 Å². The van der Waals surface area contributed by atoms with Gasteiger partial charge in [0, 0.05) is 18.0 Å². The summed E-state index contributed by atoms with van der Waals surface area (Å²) in [7, 11) is 0. The minimum atomic E-state index is 0.452. The van der Waals surface area contributed by atoms with E-state index in [1.54, 1.807) is 23.3 Å². The largest absolute Gasteiger partial charge is 0.265 e. The fourth-order valence-corrected chi connectivity index (χ4v) is 2.23.